The first-order valence-electron chi connectivity index (χ1n) is 15.2. The summed E-state index contributed by atoms with van der Waals surface area (Å²) in [6, 6.07) is 17.8. The number of nitrogens with one attached hydrogen (secondary N) is 1. The number of esters is 1. The van der Waals surface area contributed by atoms with E-state index >= 15 is 0 Å². The van der Waals surface area contributed by atoms with Crippen molar-refractivity contribution >= 4 is 17.8 Å². The number of ether oxygens (including phenoxy) is 1. The zero-order chi connectivity index (χ0) is 29.6. The van der Waals surface area contributed by atoms with Crippen molar-refractivity contribution in [3.8, 4) is 0 Å². The number of nitrogens with zero attached hydrogens (tertiary/aromatic N) is 2. The lowest BCUT2D eigenvalue weighted by atomic mass is 10.0. The molecule has 1 N–H and O–H groups in total. The second-order valence-corrected chi connectivity index (χ2v) is 12.9. The standard InChI is InChI=1S/C34H47N3O4/c1-24-11-13-27(14-12-24)22-35-32(39)29(17-18-31(38)41-34(3,4)5)36-20-19-28(16-15-26-9-7-6-8-10-26)37-23-25(2)21-30(37)33(36)40/h6-14,25,28-30H,15-23H2,1-5H3,(H,35,39)/t25-,28?,29-,30+/m1/s1. The summed E-state index contributed by atoms with van der Waals surface area (Å²) in [6.07, 6.45) is 3.83. The smallest absolute Gasteiger partial charge is 0.306 e. The van der Waals surface area contributed by atoms with Gasteiger partial charge in [-0.3, -0.25) is 19.3 Å². The van der Waals surface area contributed by atoms with Crippen LogP contribution >= 0.6 is 0 Å². The monoisotopic (exact) mass is 561 g/mol. The molecular weight excluding hydrogens is 514 g/mol. The fraction of sp³-hybridized carbons (Fsp3) is 0.559. The van der Waals surface area contributed by atoms with Crippen LogP contribution in [0.4, 0.5) is 0 Å². The quantitative estimate of drug-likeness (QED) is 0.411. The van der Waals surface area contributed by atoms with Crippen LogP contribution in [0, 0.1) is 12.8 Å². The molecule has 1 unspecified atom stereocenters. The summed E-state index contributed by atoms with van der Waals surface area (Å²) in [6.45, 7) is 11.5. The first kappa shape index (κ1) is 30.8. The SMILES string of the molecule is Cc1ccc(CNC(=O)[C@@H](CCC(=O)OC(C)(C)C)N2CCC(CCc3ccccc3)N3C[C@H](C)C[C@H]3C2=O)cc1. The highest BCUT2D eigenvalue weighted by molar-refractivity contribution is 5.90. The summed E-state index contributed by atoms with van der Waals surface area (Å²) in [5.41, 5.74) is 2.84. The van der Waals surface area contributed by atoms with Crippen molar-refractivity contribution in [2.24, 2.45) is 5.92 Å². The number of carbonyl (C=O) groups excluding carboxylic acids is 3. The average molecular weight is 562 g/mol. The van der Waals surface area contributed by atoms with Crippen molar-refractivity contribution in [2.75, 3.05) is 13.1 Å². The van der Waals surface area contributed by atoms with Crippen LogP contribution in [0.3, 0.4) is 0 Å². The lowest BCUT2D eigenvalue weighted by Gasteiger charge is -2.32. The van der Waals surface area contributed by atoms with Gasteiger partial charge >= 0.3 is 5.97 Å². The molecule has 0 radical (unpaired) electrons. The number of aryl methyl sites for hydroxylation is 2. The van der Waals surface area contributed by atoms with E-state index in [9.17, 15) is 14.4 Å². The summed E-state index contributed by atoms with van der Waals surface area (Å²) in [5.74, 6) is -0.147. The molecule has 0 spiro atoms. The van der Waals surface area contributed by atoms with Gasteiger partial charge in [0.2, 0.25) is 11.8 Å². The molecule has 41 heavy (non-hydrogen) atoms. The molecule has 7 nitrogen and oxygen atoms in total. The lowest BCUT2D eigenvalue weighted by Crippen LogP contribution is -2.53. The Bertz CT molecular complexity index is 1170. The maximum Gasteiger partial charge on any atom is 0.306 e. The van der Waals surface area contributed by atoms with Gasteiger partial charge in [0.15, 0.2) is 0 Å². The number of fused-ring (bicyclic) bond motifs is 1. The molecule has 0 aliphatic carbocycles. The summed E-state index contributed by atoms with van der Waals surface area (Å²) in [5, 5.41) is 3.06. The van der Waals surface area contributed by atoms with Gasteiger partial charge in [0.25, 0.3) is 0 Å². The molecule has 0 aromatic heterocycles. The van der Waals surface area contributed by atoms with Gasteiger partial charge in [-0.2, -0.15) is 0 Å². The predicted molar refractivity (Wildman–Crippen MR) is 161 cm³/mol. The van der Waals surface area contributed by atoms with E-state index in [1.165, 1.54) is 5.56 Å². The molecule has 2 amide bonds. The molecule has 2 aliphatic heterocycles. The first-order valence-corrected chi connectivity index (χ1v) is 15.2. The molecule has 2 fully saturated rings. The number of benzene rings is 2. The third-order valence-electron chi connectivity index (χ3n) is 8.21. The molecule has 2 aromatic rings. The number of amides is 2. The van der Waals surface area contributed by atoms with Gasteiger partial charge in [0.1, 0.15) is 11.6 Å². The third kappa shape index (κ3) is 8.65. The Kier molecular flexibility index (Phi) is 10.2. The zero-order valence-corrected chi connectivity index (χ0v) is 25.4. The molecule has 222 valence electrons. The van der Waals surface area contributed by atoms with Crippen LogP contribution in [-0.2, 0) is 32.1 Å². The first-order chi connectivity index (χ1) is 19.5. The average Bonchev–Trinajstić information content (AvgIpc) is 3.26. The van der Waals surface area contributed by atoms with Gasteiger partial charge in [-0.25, -0.2) is 0 Å². The minimum atomic E-state index is -0.730. The van der Waals surface area contributed by atoms with Gasteiger partial charge in [0.05, 0.1) is 6.04 Å². The van der Waals surface area contributed by atoms with Gasteiger partial charge in [0, 0.05) is 32.1 Å². The Hall–Kier alpha value is -3.19. The normalized spacial score (nSPS) is 22.1. The Balaban J connectivity index is 1.52. The number of hydrogen-bond acceptors (Lipinski definition) is 5. The van der Waals surface area contributed by atoms with Crippen LogP contribution in [0.15, 0.2) is 54.6 Å². The Morgan fingerprint density at radius 3 is 2.44 bits per heavy atom. The van der Waals surface area contributed by atoms with Crippen LogP contribution in [0.5, 0.6) is 0 Å². The van der Waals surface area contributed by atoms with Crippen LogP contribution in [-0.4, -0.2) is 64.4 Å². The highest BCUT2D eigenvalue weighted by Gasteiger charge is 2.45. The van der Waals surface area contributed by atoms with E-state index in [1.54, 1.807) is 4.90 Å². The Morgan fingerprint density at radius 2 is 1.76 bits per heavy atom. The molecule has 2 aliphatic rings. The molecular formula is C34H47N3O4. The van der Waals surface area contributed by atoms with Crippen LogP contribution in [0.1, 0.15) is 76.5 Å². The highest BCUT2D eigenvalue weighted by atomic mass is 16.6. The van der Waals surface area contributed by atoms with Gasteiger partial charge in [-0.05, 0) is 76.8 Å². The number of carbonyl (C=O) groups is 3. The lowest BCUT2D eigenvalue weighted by molar-refractivity contribution is -0.156. The van der Waals surface area contributed by atoms with E-state index in [-0.39, 0.29) is 42.7 Å². The fourth-order valence-corrected chi connectivity index (χ4v) is 6.17. The van der Waals surface area contributed by atoms with Crippen molar-refractivity contribution < 1.29 is 19.1 Å². The van der Waals surface area contributed by atoms with Crippen LogP contribution in [0.25, 0.3) is 0 Å². The molecule has 2 heterocycles. The largest absolute Gasteiger partial charge is 0.460 e. The van der Waals surface area contributed by atoms with E-state index in [1.807, 2.05) is 58.0 Å². The molecule has 4 rings (SSSR count). The highest BCUT2D eigenvalue weighted by Crippen LogP contribution is 2.33. The Labute approximate surface area is 245 Å². The van der Waals surface area contributed by atoms with Crippen LogP contribution < -0.4 is 5.32 Å². The minimum Gasteiger partial charge on any atom is -0.460 e. The molecule has 7 heteroatoms. The molecule has 2 aromatic carbocycles. The zero-order valence-electron chi connectivity index (χ0n) is 25.4. The van der Waals surface area contributed by atoms with Crippen molar-refractivity contribution in [2.45, 2.75) is 103 Å². The fourth-order valence-electron chi connectivity index (χ4n) is 6.17. The van der Waals surface area contributed by atoms with Gasteiger partial charge in [-0.1, -0.05) is 67.1 Å². The van der Waals surface area contributed by atoms with Crippen molar-refractivity contribution in [1.82, 2.24) is 15.1 Å². The second-order valence-electron chi connectivity index (χ2n) is 12.9. The molecule has 0 saturated carbocycles. The minimum absolute atomic E-state index is 0.0104. The summed E-state index contributed by atoms with van der Waals surface area (Å²) in [7, 11) is 0. The molecule has 2 saturated heterocycles. The summed E-state index contributed by atoms with van der Waals surface area (Å²) < 4.78 is 5.54. The number of hydrogen-bond donors (Lipinski definition) is 1. The number of rotatable bonds is 10. The van der Waals surface area contributed by atoms with Gasteiger partial charge < -0.3 is 15.0 Å². The predicted octanol–water partition coefficient (Wildman–Crippen LogP) is 5.05. The van der Waals surface area contributed by atoms with Crippen LogP contribution in [0.2, 0.25) is 0 Å². The van der Waals surface area contributed by atoms with Gasteiger partial charge in [-0.15, -0.1) is 0 Å². The summed E-state index contributed by atoms with van der Waals surface area (Å²) in [4.78, 5) is 44.7. The maximum atomic E-state index is 14.1. The van der Waals surface area contributed by atoms with Crippen molar-refractivity contribution in [3.63, 3.8) is 0 Å². The molecule has 0 bridgehead atoms. The van der Waals surface area contributed by atoms with E-state index in [4.69, 9.17) is 4.74 Å². The van der Waals surface area contributed by atoms with E-state index in [0.717, 1.165) is 43.4 Å². The van der Waals surface area contributed by atoms with Crippen molar-refractivity contribution in [3.05, 3.63) is 71.3 Å². The van der Waals surface area contributed by atoms with E-state index in [0.29, 0.717) is 19.0 Å². The third-order valence-corrected chi connectivity index (χ3v) is 8.21. The Morgan fingerprint density at radius 1 is 1.05 bits per heavy atom. The molecule has 4 atom stereocenters. The van der Waals surface area contributed by atoms with Crippen molar-refractivity contribution in [1.29, 1.82) is 0 Å². The topological polar surface area (TPSA) is 79.0 Å². The summed E-state index contributed by atoms with van der Waals surface area (Å²) >= 11 is 0. The van der Waals surface area contributed by atoms with E-state index in [2.05, 4.69) is 41.4 Å². The van der Waals surface area contributed by atoms with E-state index < -0.39 is 11.6 Å². The second kappa shape index (κ2) is 13.6. The maximum absolute atomic E-state index is 14.1.